The topological polar surface area (TPSA) is 26.3 Å². The lowest BCUT2D eigenvalue weighted by atomic mass is 10.1. The van der Waals surface area contributed by atoms with Crippen LogP contribution in [0.2, 0.25) is 0 Å². The Bertz CT molecular complexity index is 311. The van der Waals surface area contributed by atoms with Crippen molar-refractivity contribution in [3.63, 3.8) is 0 Å². The van der Waals surface area contributed by atoms with Crippen LogP contribution in [0.25, 0.3) is 0 Å². The molecule has 88 valence electrons. The highest BCUT2D eigenvalue weighted by Gasteiger charge is 2.13. The highest BCUT2D eigenvalue weighted by atomic mass is 32.2. The highest BCUT2D eigenvalue weighted by Crippen LogP contribution is 2.10. The van der Waals surface area contributed by atoms with E-state index in [4.69, 9.17) is 4.74 Å². The lowest BCUT2D eigenvalue weighted by Gasteiger charge is -2.10. The van der Waals surface area contributed by atoms with E-state index >= 15 is 0 Å². The van der Waals surface area contributed by atoms with Gasteiger partial charge >= 0.3 is 5.97 Å². The van der Waals surface area contributed by atoms with Crippen molar-refractivity contribution in [3.8, 4) is 0 Å². The molecule has 16 heavy (non-hydrogen) atoms. The molecule has 0 spiro atoms. The van der Waals surface area contributed by atoms with Gasteiger partial charge in [-0.25, -0.2) is 0 Å². The fraction of sp³-hybridized carbons (Fsp3) is 0.462. The molecule has 1 rings (SSSR count). The molecule has 1 aromatic carbocycles. The number of carbonyl (C=O) groups is 1. The molecule has 3 heteroatoms. The Kier molecular flexibility index (Phi) is 6.01. The van der Waals surface area contributed by atoms with Crippen molar-refractivity contribution >= 4 is 17.7 Å². The van der Waals surface area contributed by atoms with Crippen LogP contribution in [0.15, 0.2) is 30.3 Å². The van der Waals surface area contributed by atoms with Crippen molar-refractivity contribution in [3.05, 3.63) is 35.9 Å². The van der Waals surface area contributed by atoms with Crippen LogP contribution in [0.4, 0.5) is 0 Å². The third kappa shape index (κ3) is 4.71. The monoisotopic (exact) mass is 238 g/mol. The predicted molar refractivity (Wildman–Crippen MR) is 68.4 cm³/mol. The van der Waals surface area contributed by atoms with E-state index in [-0.39, 0.29) is 11.9 Å². The van der Waals surface area contributed by atoms with Crippen LogP contribution in [0.3, 0.4) is 0 Å². The van der Waals surface area contributed by atoms with Crippen LogP contribution >= 0.6 is 11.8 Å². The van der Waals surface area contributed by atoms with Crippen LogP contribution in [0, 0.1) is 5.92 Å². The first kappa shape index (κ1) is 13.1. The number of carbonyl (C=O) groups excluding carboxylic acids is 1. The summed E-state index contributed by atoms with van der Waals surface area (Å²) in [5.74, 6) is 0.899. The van der Waals surface area contributed by atoms with Gasteiger partial charge in [0, 0.05) is 0 Å². The van der Waals surface area contributed by atoms with Crippen molar-refractivity contribution < 1.29 is 9.53 Å². The molecule has 0 amide bonds. The molecule has 0 aliphatic heterocycles. The van der Waals surface area contributed by atoms with Crippen molar-refractivity contribution in [2.45, 2.75) is 20.0 Å². The first-order valence-corrected chi connectivity index (χ1v) is 6.83. The van der Waals surface area contributed by atoms with Crippen LogP contribution in [-0.2, 0) is 16.1 Å². The third-order valence-electron chi connectivity index (χ3n) is 2.38. The summed E-state index contributed by atoms with van der Waals surface area (Å²) in [6.07, 6.45) is 2.93. The van der Waals surface area contributed by atoms with Gasteiger partial charge in [-0.05, 0) is 24.0 Å². The van der Waals surface area contributed by atoms with Crippen molar-refractivity contribution in [2.24, 2.45) is 5.92 Å². The normalized spacial score (nSPS) is 12.1. The second kappa shape index (κ2) is 7.34. The maximum absolute atomic E-state index is 11.6. The first-order valence-electron chi connectivity index (χ1n) is 5.43. The van der Waals surface area contributed by atoms with Crippen molar-refractivity contribution in [2.75, 3.05) is 12.0 Å². The van der Waals surface area contributed by atoms with Crippen LogP contribution in [0.5, 0.6) is 0 Å². The fourth-order valence-electron chi connectivity index (χ4n) is 1.28. The Morgan fingerprint density at radius 1 is 1.38 bits per heavy atom. The zero-order valence-corrected chi connectivity index (χ0v) is 10.6. The number of thioether (sulfide) groups is 1. The van der Waals surface area contributed by atoms with E-state index in [2.05, 4.69) is 0 Å². The van der Waals surface area contributed by atoms with Gasteiger partial charge in [0.05, 0.1) is 5.92 Å². The molecule has 0 fully saturated rings. The minimum atomic E-state index is -0.0992. The number of ether oxygens (including phenoxy) is 1. The summed E-state index contributed by atoms with van der Waals surface area (Å²) in [5, 5.41) is 0. The van der Waals surface area contributed by atoms with E-state index < -0.39 is 0 Å². The SMILES string of the molecule is CSCC[C@H](C)C(=O)OCc1ccccc1. The maximum atomic E-state index is 11.6. The van der Waals surface area contributed by atoms with Crippen LogP contribution in [0.1, 0.15) is 18.9 Å². The zero-order valence-electron chi connectivity index (χ0n) is 9.81. The van der Waals surface area contributed by atoms with E-state index in [1.165, 1.54) is 0 Å². The molecule has 0 aliphatic carbocycles. The number of rotatable bonds is 6. The second-order valence-corrected chi connectivity index (χ2v) is 4.76. The van der Waals surface area contributed by atoms with Crippen molar-refractivity contribution in [1.29, 1.82) is 0 Å². The summed E-state index contributed by atoms with van der Waals surface area (Å²) in [5.41, 5.74) is 1.04. The highest BCUT2D eigenvalue weighted by molar-refractivity contribution is 7.98. The third-order valence-corrected chi connectivity index (χ3v) is 3.03. The van der Waals surface area contributed by atoms with Crippen molar-refractivity contribution in [1.82, 2.24) is 0 Å². The lowest BCUT2D eigenvalue weighted by Crippen LogP contribution is -2.15. The van der Waals surface area contributed by atoms with E-state index in [1.54, 1.807) is 11.8 Å². The molecule has 1 atom stereocenters. The lowest BCUT2D eigenvalue weighted by molar-refractivity contribution is -0.149. The van der Waals surface area contributed by atoms with Crippen LogP contribution < -0.4 is 0 Å². The zero-order chi connectivity index (χ0) is 11.8. The average molecular weight is 238 g/mol. The summed E-state index contributed by atoms with van der Waals surface area (Å²) < 4.78 is 5.24. The summed E-state index contributed by atoms with van der Waals surface area (Å²) in [4.78, 5) is 11.6. The molecular formula is C13H18O2S. The minimum Gasteiger partial charge on any atom is -0.461 e. The van der Waals surface area contributed by atoms with Gasteiger partial charge in [-0.1, -0.05) is 37.3 Å². The molecule has 0 heterocycles. The Hall–Kier alpha value is -0.960. The van der Waals surface area contributed by atoms with Crippen LogP contribution in [-0.4, -0.2) is 18.0 Å². The van der Waals surface area contributed by atoms with Gasteiger partial charge in [-0.3, -0.25) is 4.79 Å². The molecule has 2 nitrogen and oxygen atoms in total. The number of hydrogen-bond donors (Lipinski definition) is 0. The summed E-state index contributed by atoms with van der Waals surface area (Å²) in [7, 11) is 0. The standard InChI is InChI=1S/C13H18O2S/c1-11(8-9-16-2)13(14)15-10-12-6-4-3-5-7-12/h3-7,11H,8-10H2,1-2H3/t11-/m0/s1. The van der Waals surface area contributed by atoms with Gasteiger partial charge < -0.3 is 4.74 Å². The van der Waals surface area contributed by atoms with Gasteiger partial charge in [-0.2, -0.15) is 11.8 Å². The average Bonchev–Trinajstić information content (AvgIpc) is 2.34. The number of hydrogen-bond acceptors (Lipinski definition) is 3. The molecule has 0 aliphatic rings. The molecule has 0 saturated heterocycles. The molecule has 0 bridgehead atoms. The van der Waals surface area contributed by atoms with Gasteiger partial charge in [0.15, 0.2) is 0 Å². The number of esters is 1. The Balaban J connectivity index is 2.29. The molecule has 0 saturated carbocycles. The molecule has 0 radical (unpaired) electrons. The van der Waals surface area contributed by atoms with Gasteiger partial charge in [0.2, 0.25) is 0 Å². The smallest absolute Gasteiger partial charge is 0.309 e. The maximum Gasteiger partial charge on any atom is 0.309 e. The molecular weight excluding hydrogens is 220 g/mol. The molecule has 1 aromatic rings. The summed E-state index contributed by atoms with van der Waals surface area (Å²) in [6, 6.07) is 9.76. The largest absolute Gasteiger partial charge is 0.461 e. The van der Waals surface area contributed by atoms with E-state index in [1.807, 2.05) is 43.5 Å². The molecule has 0 unspecified atom stereocenters. The fourth-order valence-corrected chi connectivity index (χ4v) is 1.87. The summed E-state index contributed by atoms with van der Waals surface area (Å²) in [6.45, 7) is 2.30. The molecule has 0 aromatic heterocycles. The number of benzene rings is 1. The predicted octanol–water partition coefficient (Wildman–Crippen LogP) is 3.12. The first-order chi connectivity index (χ1) is 7.74. The van der Waals surface area contributed by atoms with E-state index in [9.17, 15) is 4.79 Å². The Morgan fingerprint density at radius 2 is 2.06 bits per heavy atom. The molecule has 0 N–H and O–H groups in total. The quantitative estimate of drug-likeness (QED) is 0.712. The Morgan fingerprint density at radius 3 is 2.69 bits per heavy atom. The van der Waals surface area contributed by atoms with E-state index in [0.717, 1.165) is 17.7 Å². The van der Waals surface area contributed by atoms with Gasteiger partial charge in [-0.15, -0.1) is 0 Å². The Labute approximate surface area is 101 Å². The summed E-state index contributed by atoms with van der Waals surface area (Å²) >= 11 is 1.75. The second-order valence-electron chi connectivity index (χ2n) is 3.78. The van der Waals surface area contributed by atoms with Gasteiger partial charge in [0.25, 0.3) is 0 Å². The van der Waals surface area contributed by atoms with Gasteiger partial charge in [0.1, 0.15) is 6.61 Å². The minimum absolute atomic E-state index is 0.00355. The van der Waals surface area contributed by atoms with E-state index in [0.29, 0.717) is 6.61 Å².